The number of hydrogen-bond donors (Lipinski definition) is 0. The molecule has 0 aliphatic heterocycles. The van der Waals surface area contributed by atoms with Crippen LogP contribution in [0.1, 0.15) is 30.9 Å². The highest BCUT2D eigenvalue weighted by atomic mass is 35.5. The van der Waals surface area contributed by atoms with Crippen LogP contribution in [-0.2, 0) is 23.6 Å². The summed E-state index contributed by atoms with van der Waals surface area (Å²) in [5.41, 5.74) is 0. The molecule has 1 aliphatic rings. The van der Waals surface area contributed by atoms with E-state index >= 15 is 0 Å². The zero-order valence-corrected chi connectivity index (χ0v) is 10.4. The summed E-state index contributed by atoms with van der Waals surface area (Å²) in [5.74, 6) is 3.14. The first-order valence-electron chi connectivity index (χ1n) is 5.81. The molecule has 1 fully saturated rings. The number of ether oxygens (including phenoxy) is 1. The summed E-state index contributed by atoms with van der Waals surface area (Å²) in [6.45, 7) is 1.48. The standard InChI is InChI=1S/C11H18ClN3O/c1-16-6-5-15-10(7-9-3-2-4-9)13-14-11(15)8-12/h9H,2-8H2,1H3. The van der Waals surface area contributed by atoms with Gasteiger partial charge in [-0.3, -0.25) is 0 Å². The number of nitrogens with zero attached hydrogens (tertiary/aromatic N) is 3. The summed E-state index contributed by atoms with van der Waals surface area (Å²) in [6, 6.07) is 0. The van der Waals surface area contributed by atoms with Gasteiger partial charge in [0.25, 0.3) is 0 Å². The second-order valence-corrected chi connectivity index (χ2v) is 4.58. The molecule has 0 bridgehead atoms. The highest BCUT2D eigenvalue weighted by Crippen LogP contribution is 2.29. The molecular weight excluding hydrogens is 226 g/mol. The maximum absolute atomic E-state index is 5.84. The maximum Gasteiger partial charge on any atom is 0.148 e. The molecule has 1 heterocycles. The third-order valence-electron chi connectivity index (χ3n) is 3.24. The molecule has 0 atom stereocenters. The van der Waals surface area contributed by atoms with Crippen molar-refractivity contribution in [2.45, 2.75) is 38.1 Å². The van der Waals surface area contributed by atoms with Crippen molar-refractivity contribution < 1.29 is 4.74 Å². The van der Waals surface area contributed by atoms with E-state index in [9.17, 15) is 0 Å². The molecule has 1 aromatic rings. The number of rotatable bonds is 6. The van der Waals surface area contributed by atoms with Crippen molar-refractivity contribution in [1.82, 2.24) is 14.8 Å². The van der Waals surface area contributed by atoms with Gasteiger partial charge in [0.1, 0.15) is 11.6 Å². The lowest BCUT2D eigenvalue weighted by Gasteiger charge is -2.24. The van der Waals surface area contributed by atoms with Gasteiger partial charge in [-0.15, -0.1) is 21.8 Å². The first-order chi connectivity index (χ1) is 7.85. The minimum absolute atomic E-state index is 0.418. The van der Waals surface area contributed by atoms with Gasteiger partial charge in [-0.2, -0.15) is 0 Å². The van der Waals surface area contributed by atoms with Crippen LogP contribution in [0.25, 0.3) is 0 Å². The maximum atomic E-state index is 5.84. The molecule has 1 aromatic heterocycles. The summed E-state index contributed by atoms with van der Waals surface area (Å²) in [4.78, 5) is 0. The van der Waals surface area contributed by atoms with Crippen LogP contribution in [0.4, 0.5) is 0 Å². The third-order valence-corrected chi connectivity index (χ3v) is 3.48. The molecule has 1 aliphatic carbocycles. The summed E-state index contributed by atoms with van der Waals surface area (Å²) in [6.07, 6.45) is 5.05. The number of alkyl halides is 1. The molecule has 0 N–H and O–H groups in total. The van der Waals surface area contributed by atoms with Crippen LogP contribution in [0, 0.1) is 5.92 Å². The first-order valence-corrected chi connectivity index (χ1v) is 6.34. The van der Waals surface area contributed by atoms with Crippen molar-refractivity contribution in [3.8, 4) is 0 Å². The van der Waals surface area contributed by atoms with Crippen molar-refractivity contribution in [2.24, 2.45) is 5.92 Å². The molecule has 16 heavy (non-hydrogen) atoms. The Morgan fingerprint density at radius 1 is 1.38 bits per heavy atom. The Labute approximate surface area is 101 Å². The van der Waals surface area contributed by atoms with E-state index in [0.29, 0.717) is 12.5 Å². The molecule has 0 radical (unpaired) electrons. The quantitative estimate of drug-likeness (QED) is 0.718. The Morgan fingerprint density at radius 3 is 2.69 bits per heavy atom. The summed E-state index contributed by atoms with van der Waals surface area (Å²) < 4.78 is 7.20. The predicted molar refractivity (Wildman–Crippen MR) is 62.5 cm³/mol. The topological polar surface area (TPSA) is 39.9 Å². The number of methoxy groups -OCH3 is 1. The summed E-state index contributed by atoms with van der Waals surface area (Å²) in [7, 11) is 1.70. The predicted octanol–water partition coefficient (Wildman–Crippen LogP) is 2.01. The molecular formula is C11H18ClN3O. The highest BCUT2D eigenvalue weighted by molar-refractivity contribution is 6.16. The monoisotopic (exact) mass is 243 g/mol. The SMILES string of the molecule is COCCn1c(CCl)nnc1CC1CCC1. The zero-order chi connectivity index (χ0) is 11.4. The van der Waals surface area contributed by atoms with Gasteiger partial charge in [0.05, 0.1) is 12.5 Å². The van der Waals surface area contributed by atoms with Crippen LogP contribution in [-0.4, -0.2) is 28.5 Å². The van der Waals surface area contributed by atoms with Crippen LogP contribution >= 0.6 is 11.6 Å². The number of halogens is 1. The van der Waals surface area contributed by atoms with Crippen molar-refractivity contribution in [2.75, 3.05) is 13.7 Å². The van der Waals surface area contributed by atoms with Crippen LogP contribution in [0.15, 0.2) is 0 Å². The van der Waals surface area contributed by atoms with Gasteiger partial charge in [0.15, 0.2) is 0 Å². The van der Waals surface area contributed by atoms with Gasteiger partial charge in [-0.05, 0) is 5.92 Å². The Balaban J connectivity index is 2.05. The van der Waals surface area contributed by atoms with Gasteiger partial charge < -0.3 is 9.30 Å². The van der Waals surface area contributed by atoms with Crippen molar-refractivity contribution in [3.63, 3.8) is 0 Å². The van der Waals surface area contributed by atoms with E-state index in [0.717, 1.165) is 30.5 Å². The van der Waals surface area contributed by atoms with Gasteiger partial charge in [-0.1, -0.05) is 19.3 Å². The van der Waals surface area contributed by atoms with Gasteiger partial charge in [-0.25, -0.2) is 0 Å². The average molecular weight is 244 g/mol. The molecule has 0 saturated heterocycles. The Morgan fingerprint density at radius 2 is 2.12 bits per heavy atom. The Hall–Kier alpha value is -0.610. The molecule has 1 saturated carbocycles. The van der Waals surface area contributed by atoms with Crippen molar-refractivity contribution in [1.29, 1.82) is 0 Å². The Kier molecular flexibility index (Phi) is 4.18. The molecule has 0 unspecified atom stereocenters. The molecule has 4 nitrogen and oxygen atoms in total. The third kappa shape index (κ3) is 2.55. The lowest BCUT2D eigenvalue weighted by atomic mass is 9.83. The minimum atomic E-state index is 0.418. The molecule has 90 valence electrons. The smallest absolute Gasteiger partial charge is 0.148 e. The Bertz CT molecular complexity index is 336. The van der Waals surface area contributed by atoms with E-state index < -0.39 is 0 Å². The lowest BCUT2D eigenvalue weighted by Crippen LogP contribution is -2.18. The van der Waals surface area contributed by atoms with E-state index in [2.05, 4.69) is 14.8 Å². The minimum Gasteiger partial charge on any atom is -0.383 e. The zero-order valence-electron chi connectivity index (χ0n) is 9.65. The van der Waals surface area contributed by atoms with Crippen LogP contribution in [0.2, 0.25) is 0 Å². The highest BCUT2D eigenvalue weighted by Gasteiger charge is 2.21. The van der Waals surface area contributed by atoms with Crippen LogP contribution < -0.4 is 0 Å². The average Bonchev–Trinajstić information content (AvgIpc) is 2.62. The first kappa shape index (κ1) is 11.9. The molecule has 5 heteroatoms. The molecule has 2 rings (SSSR count). The summed E-state index contributed by atoms with van der Waals surface area (Å²) >= 11 is 5.84. The normalized spacial score (nSPS) is 16.4. The van der Waals surface area contributed by atoms with E-state index in [1.54, 1.807) is 7.11 Å². The molecule has 0 aromatic carbocycles. The molecule has 0 amide bonds. The van der Waals surface area contributed by atoms with Crippen molar-refractivity contribution >= 4 is 11.6 Å². The molecule has 0 spiro atoms. The fourth-order valence-corrected chi connectivity index (χ4v) is 2.22. The van der Waals surface area contributed by atoms with Crippen molar-refractivity contribution in [3.05, 3.63) is 11.6 Å². The largest absolute Gasteiger partial charge is 0.383 e. The fraction of sp³-hybridized carbons (Fsp3) is 0.818. The second kappa shape index (κ2) is 5.64. The lowest BCUT2D eigenvalue weighted by molar-refractivity contribution is 0.184. The van der Waals surface area contributed by atoms with E-state index in [1.807, 2.05) is 0 Å². The fourth-order valence-electron chi connectivity index (χ4n) is 2.02. The van der Waals surface area contributed by atoms with Gasteiger partial charge >= 0.3 is 0 Å². The van der Waals surface area contributed by atoms with E-state index in [4.69, 9.17) is 16.3 Å². The summed E-state index contributed by atoms with van der Waals surface area (Å²) in [5, 5.41) is 8.36. The van der Waals surface area contributed by atoms with E-state index in [1.165, 1.54) is 19.3 Å². The van der Waals surface area contributed by atoms with Crippen LogP contribution in [0.5, 0.6) is 0 Å². The van der Waals surface area contributed by atoms with E-state index in [-0.39, 0.29) is 0 Å². The van der Waals surface area contributed by atoms with Gasteiger partial charge in [0, 0.05) is 20.1 Å². The van der Waals surface area contributed by atoms with Crippen LogP contribution in [0.3, 0.4) is 0 Å². The number of aromatic nitrogens is 3. The van der Waals surface area contributed by atoms with Gasteiger partial charge in [0.2, 0.25) is 0 Å². The number of hydrogen-bond acceptors (Lipinski definition) is 3. The second-order valence-electron chi connectivity index (χ2n) is 4.31.